The number of aryl methyl sites for hydroxylation is 1. The minimum absolute atomic E-state index is 0.174. The second kappa shape index (κ2) is 5.78. The highest BCUT2D eigenvalue weighted by Crippen LogP contribution is 2.14. The first-order valence-electron chi connectivity index (χ1n) is 6.20. The van der Waals surface area contributed by atoms with E-state index in [1.807, 2.05) is 31.2 Å². The molecule has 0 fully saturated rings. The van der Waals surface area contributed by atoms with Gasteiger partial charge < -0.3 is 5.32 Å². The summed E-state index contributed by atoms with van der Waals surface area (Å²) in [5.74, 6) is -0.174. The lowest BCUT2D eigenvalue weighted by atomic mass is 10.1. The Morgan fingerprint density at radius 3 is 2.50 bits per heavy atom. The lowest BCUT2D eigenvalue weighted by Gasteiger charge is -2.15. The average Bonchev–Trinajstić information content (AvgIpc) is 2.38. The van der Waals surface area contributed by atoms with Crippen molar-refractivity contribution in [3.8, 4) is 0 Å². The number of nitrogens with one attached hydrogen (secondary N) is 1. The van der Waals surface area contributed by atoms with Gasteiger partial charge in [0.05, 0.1) is 0 Å². The second-order valence-corrected chi connectivity index (χ2v) is 4.58. The van der Waals surface area contributed by atoms with E-state index in [0.29, 0.717) is 0 Å². The Kier molecular flexibility index (Phi) is 4.11. The van der Waals surface area contributed by atoms with Gasteiger partial charge in [0.1, 0.15) is 5.82 Å². The first-order valence-corrected chi connectivity index (χ1v) is 6.20. The summed E-state index contributed by atoms with van der Waals surface area (Å²) < 4.78 is 13.0. The Labute approximate surface area is 108 Å². The Morgan fingerprint density at radius 1 is 1.11 bits per heavy atom. The normalized spacial score (nSPS) is 12.4. The van der Waals surface area contributed by atoms with E-state index in [1.54, 1.807) is 6.07 Å². The van der Waals surface area contributed by atoms with E-state index >= 15 is 0 Å². The van der Waals surface area contributed by atoms with Gasteiger partial charge in [-0.2, -0.15) is 0 Å². The van der Waals surface area contributed by atoms with Crippen molar-refractivity contribution in [1.29, 1.82) is 0 Å². The Morgan fingerprint density at radius 2 is 1.83 bits per heavy atom. The van der Waals surface area contributed by atoms with E-state index in [2.05, 4.69) is 24.4 Å². The van der Waals surface area contributed by atoms with Gasteiger partial charge in [0.25, 0.3) is 0 Å². The molecule has 1 atom stereocenters. The molecule has 0 saturated heterocycles. The molecule has 0 heterocycles. The van der Waals surface area contributed by atoms with Crippen LogP contribution in [0.15, 0.2) is 48.5 Å². The molecule has 0 aliphatic carbocycles. The van der Waals surface area contributed by atoms with Crippen molar-refractivity contribution >= 4 is 0 Å². The van der Waals surface area contributed by atoms with Gasteiger partial charge in [-0.3, -0.25) is 0 Å². The maximum absolute atomic E-state index is 13.0. The lowest BCUT2D eigenvalue weighted by Crippen LogP contribution is -2.18. The number of halogens is 1. The largest absolute Gasteiger partial charge is 0.306 e. The molecule has 2 heteroatoms. The Bertz CT molecular complexity index is 508. The molecule has 0 bridgehead atoms. The molecule has 94 valence electrons. The van der Waals surface area contributed by atoms with Crippen molar-refractivity contribution in [1.82, 2.24) is 5.32 Å². The molecular weight excluding hydrogens is 225 g/mol. The maximum Gasteiger partial charge on any atom is 0.123 e. The summed E-state index contributed by atoms with van der Waals surface area (Å²) in [4.78, 5) is 0. The second-order valence-electron chi connectivity index (χ2n) is 4.58. The quantitative estimate of drug-likeness (QED) is 0.856. The van der Waals surface area contributed by atoms with E-state index in [1.165, 1.54) is 11.6 Å². The van der Waals surface area contributed by atoms with Crippen molar-refractivity contribution in [2.45, 2.75) is 26.4 Å². The fourth-order valence-corrected chi connectivity index (χ4v) is 1.98. The van der Waals surface area contributed by atoms with Crippen LogP contribution in [0.5, 0.6) is 0 Å². The zero-order chi connectivity index (χ0) is 13.0. The van der Waals surface area contributed by atoms with Crippen molar-refractivity contribution in [2.24, 2.45) is 0 Å². The molecule has 0 aliphatic heterocycles. The van der Waals surface area contributed by atoms with Crippen molar-refractivity contribution < 1.29 is 4.39 Å². The summed E-state index contributed by atoms with van der Waals surface area (Å²) in [6.07, 6.45) is 0. The SMILES string of the molecule is Cc1cc(F)ccc1CNC(C)c1ccccc1. The smallest absolute Gasteiger partial charge is 0.123 e. The van der Waals surface area contributed by atoms with E-state index in [0.717, 1.165) is 17.7 Å². The van der Waals surface area contributed by atoms with Crippen LogP contribution in [0.2, 0.25) is 0 Å². The summed E-state index contributed by atoms with van der Waals surface area (Å²) in [5, 5.41) is 3.45. The van der Waals surface area contributed by atoms with Crippen LogP contribution in [-0.2, 0) is 6.54 Å². The molecule has 0 aromatic heterocycles. The fourth-order valence-electron chi connectivity index (χ4n) is 1.98. The summed E-state index contributed by atoms with van der Waals surface area (Å²) in [6, 6.07) is 15.5. The zero-order valence-corrected chi connectivity index (χ0v) is 10.8. The molecule has 2 aromatic carbocycles. The molecular formula is C16H18FN. The minimum atomic E-state index is -0.174. The van der Waals surface area contributed by atoms with Crippen LogP contribution >= 0.6 is 0 Å². The molecule has 0 radical (unpaired) electrons. The molecule has 0 spiro atoms. The third kappa shape index (κ3) is 3.17. The minimum Gasteiger partial charge on any atom is -0.306 e. The van der Waals surface area contributed by atoms with Crippen LogP contribution < -0.4 is 5.32 Å². The van der Waals surface area contributed by atoms with Crippen LogP contribution in [0, 0.1) is 12.7 Å². The van der Waals surface area contributed by atoms with Crippen LogP contribution in [0.3, 0.4) is 0 Å². The zero-order valence-electron chi connectivity index (χ0n) is 10.8. The van der Waals surface area contributed by atoms with Crippen LogP contribution in [-0.4, -0.2) is 0 Å². The Balaban J connectivity index is 1.99. The summed E-state index contributed by atoms with van der Waals surface area (Å²) in [5.41, 5.74) is 3.39. The molecule has 1 N–H and O–H groups in total. The topological polar surface area (TPSA) is 12.0 Å². The van der Waals surface area contributed by atoms with Gasteiger partial charge in [0.2, 0.25) is 0 Å². The highest BCUT2D eigenvalue weighted by molar-refractivity contribution is 5.27. The predicted octanol–water partition coefficient (Wildman–Crippen LogP) is 3.98. The van der Waals surface area contributed by atoms with Crippen LogP contribution in [0.1, 0.15) is 29.7 Å². The van der Waals surface area contributed by atoms with Gasteiger partial charge in [0.15, 0.2) is 0 Å². The van der Waals surface area contributed by atoms with Gasteiger partial charge in [0, 0.05) is 12.6 Å². The van der Waals surface area contributed by atoms with E-state index in [-0.39, 0.29) is 11.9 Å². The van der Waals surface area contributed by atoms with Gasteiger partial charge in [-0.25, -0.2) is 4.39 Å². The van der Waals surface area contributed by atoms with E-state index in [9.17, 15) is 4.39 Å². The molecule has 1 nitrogen and oxygen atoms in total. The van der Waals surface area contributed by atoms with E-state index in [4.69, 9.17) is 0 Å². The summed E-state index contributed by atoms with van der Waals surface area (Å²) in [7, 11) is 0. The summed E-state index contributed by atoms with van der Waals surface area (Å²) in [6.45, 7) is 4.82. The fraction of sp³-hybridized carbons (Fsp3) is 0.250. The summed E-state index contributed by atoms with van der Waals surface area (Å²) >= 11 is 0. The molecule has 0 saturated carbocycles. The molecule has 0 amide bonds. The third-order valence-corrected chi connectivity index (χ3v) is 3.20. The monoisotopic (exact) mass is 243 g/mol. The van der Waals surface area contributed by atoms with Crippen molar-refractivity contribution in [2.75, 3.05) is 0 Å². The Hall–Kier alpha value is -1.67. The van der Waals surface area contributed by atoms with Gasteiger partial charge >= 0.3 is 0 Å². The first-order chi connectivity index (χ1) is 8.66. The number of benzene rings is 2. The van der Waals surface area contributed by atoms with E-state index < -0.39 is 0 Å². The molecule has 18 heavy (non-hydrogen) atoms. The highest BCUT2D eigenvalue weighted by atomic mass is 19.1. The van der Waals surface area contributed by atoms with Gasteiger partial charge in [-0.05, 0) is 42.7 Å². The van der Waals surface area contributed by atoms with Crippen molar-refractivity contribution in [3.05, 3.63) is 71.0 Å². The first kappa shape index (κ1) is 12.8. The maximum atomic E-state index is 13.0. The lowest BCUT2D eigenvalue weighted by molar-refractivity contribution is 0.571. The molecule has 0 aliphatic rings. The van der Waals surface area contributed by atoms with Gasteiger partial charge in [-0.1, -0.05) is 36.4 Å². The number of hydrogen-bond donors (Lipinski definition) is 1. The molecule has 2 aromatic rings. The molecule has 2 rings (SSSR count). The van der Waals surface area contributed by atoms with Gasteiger partial charge in [-0.15, -0.1) is 0 Å². The average molecular weight is 243 g/mol. The standard InChI is InChI=1S/C16H18FN/c1-12-10-16(17)9-8-15(12)11-18-13(2)14-6-4-3-5-7-14/h3-10,13,18H,11H2,1-2H3. The molecule has 1 unspecified atom stereocenters. The third-order valence-electron chi connectivity index (χ3n) is 3.20. The van der Waals surface area contributed by atoms with Crippen molar-refractivity contribution in [3.63, 3.8) is 0 Å². The number of rotatable bonds is 4. The predicted molar refractivity (Wildman–Crippen MR) is 72.8 cm³/mol. The number of hydrogen-bond acceptors (Lipinski definition) is 1. The highest BCUT2D eigenvalue weighted by Gasteiger charge is 2.05. The van der Waals surface area contributed by atoms with Crippen LogP contribution in [0.4, 0.5) is 4.39 Å². The van der Waals surface area contributed by atoms with Crippen LogP contribution in [0.25, 0.3) is 0 Å².